The van der Waals surface area contributed by atoms with Crippen LogP contribution in [0.3, 0.4) is 0 Å². The van der Waals surface area contributed by atoms with E-state index in [1.807, 2.05) is 117 Å². The molecule has 304 valence electrons. The highest BCUT2D eigenvalue weighted by atomic mass is 16.5. The quantitative estimate of drug-likeness (QED) is 0.0574. The minimum absolute atomic E-state index is 0.139. The SMILES string of the molecule is CN(C)c1ccc(C(CC(=NO)c2ccccc2)(OC(CC(=NO)c2ccccc2)(c2ccc(N(C)C)cc2)c2ccc(N(C)C)cc2)c2ccc(N(C)C)cc2)cc1. The van der Waals surface area contributed by atoms with Crippen molar-refractivity contribution >= 4 is 34.2 Å². The van der Waals surface area contributed by atoms with Gasteiger partial charge in [0.1, 0.15) is 11.2 Å². The number of benzene rings is 6. The van der Waals surface area contributed by atoms with Crippen LogP contribution < -0.4 is 19.6 Å². The van der Waals surface area contributed by atoms with Crippen LogP contribution in [0.15, 0.2) is 168 Å². The van der Waals surface area contributed by atoms with Gasteiger partial charge in [0.25, 0.3) is 0 Å². The summed E-state index contributed by atoms with van der Waals surface area (Å²) >= 11 is 0. The van der Waals surface area contributed by atoms with Crippen LogP contribution in [0.1, 0.15) is 46.2 Å². The monoisotopic (exact) mass is 788 g/mol. The van der Waals surface area contributed by atoms with E-state index >= 15 is 0 Å². The molecule has 0 fully saturated rings. The van der Waals surface area contributed by atoms with Gasteiger partial charge in [-0.2, -0.15) is 0 Å². The maximum absolute atomic E-state index is 11.0. The second-order valence-electron chi connectivity index (χ2n) is 15.7. The summed E-state index contributed by atoms with van der Waals surface area (Å²) in [6.45, 7) is 0. The summed E-state index contributed by atoms with van der Waals surface area (Å²) in [5.74, 6) is 0. The van der Waals surface area contributed by atoms with Crippen LogP contribution in [0.4, 0.5) is 22.7 Å². The van der Waals surface area contributed by atoms with Gasteiger partial charge in [-0.3, -0.25) is 0 Å². The van der Waals surface area contributed by atoms with E-state index < -0.39 is 11.2 Å². The van der Waals surface area contributed by atoms with Crippen LogP contribution in [0.2, 0.25) is 0 Å². The molecule has 0 bridgehead atoms. The minimum atomic E-state index is -1.31. The van der Waals surface area contributed by atoms with Crippen molar-refractivity contribution in [2.45, 2.75) is 24.0 Å². The molecule has 0 atom stereocenters. The van der Waals surface area contributed by atoms with Crippen LogP contribution in [0.5, 0.6) is 0 Å². The second kappa shape index (κ2) is 18.3. The predicted molar refractivity (Wildman–Crippen MR) is 244 cm³/mol. The Hall–Kier alpha value is -6.58. The molecule has 59 heavy (non-hydrogen) atoms. The van der Waals surface area contributed by atoms with E-state index in [1.165, 1.54) is 0 Å². The number of hydrogen-bond donors (Lipinski definition) is 2. The van der Waals surface area contributed by atoms with E-state index in [1.54, 1.807) is 0 Å². The summed E-state index contributed by atoms with van der Waals surface area (Å²) in [7, 11) is 16.1. The maximum Gasteiger partial charge on any atom is 0.125 e. The van der Waals surface area contributed by atoms with Crippen LogP contribution in [-0.2, 0) is 15.9 Å². The average molecular weight is 789 g/mol. The van der Waals surface area contributed by atoms with Crippen molar-refractivity contribution < 1.29 is 15.2 Å². The molecule has 0 aliphatic heterocycles. The first-order valence-corrected chi connectivity index (χ1v) is 19.7. The molecule has 0 aliphatic carbocycles. The number of hydrogen-bond acceptors (Lipinski definition) is 9. The minimum Gasteiger partial charge on any atom is -0.411 e. The smallest absolute Gasteiger partial charge is 0.125 e. The third-order valence-electron chi connectivity index (χ3n) is 11.0. The maximum atomic E-state index is 11.0. The lowest BCUT2D eigenvalue weighted by Gasteiger charge is -2.46. The van der Waals surface area contributed by atoms with Gasteiger partial charge in [-0.05, 0) is 81.9 Å². The molecule has 6 aromatic rings. The number of ether oxygens (including phenoxy) is 1. The lowest BCUT2D eigenvalue weighted by molar-refractivity contribution is -0.119. The number of oxime groups is 2. The van der Waals surface area contributed by atoms with Gasteiger partial charge < -0.3 is 34.8 Å². The number of rotatable bonds is 16. The fraction of sp³-hybridized carbons (Fsp3) is 0.240. The number of nitrogens with zero attached hydrogens (tertiary/aromatic N) is 6. The molecule has 0 aliphatic rings. The van der Waals surface area contributed by atoms with Crippen LogP contribution in [-0.4, -0.2) is 78.2 Å². The fourth-order valence-corrected chi connectivity index (χ4v) is 7.59. The van der Waals surface area contributed by atoms with Crippen LogP contribution >= 0.6 is 0 Å². The van der Waals surface area contributed by atoms with Gasteiger partial charge in [0, 0.05) is 92.0 Å². The van der Waals surface area contributed by atoms with E-state index in [4.69, 9.17) is 4.74 Å². The third-order valence-corrected chi connectivity index (χ3v) is 11.0. The molecule has 0 heterocycles. The molecule has 0 amide bonds. The van der Waals surface area contributed by atoms with Crippen molar-refractivity contribution in [1.29, 1.82) is 0 Å². The molecule has 0 spiro atoms. The fourth-order valence-electron chi connectivity index (χ4n) is 7.59. The van der Waals surface area contributed by atoms with Crippen molar-refractivity contribution in [2.75, 3.05) is 76.0 Å². The van der Waals surface area contributed by atoms with Gasteiger partial charge in [-0.15, -0.1) is 0 Å². The average Bonchev–Trinajstić information content (AvgIpc) is 3.27. The van der Waals surface area contributed by atoms with Gasteiger partial charge in [0.15, 0.2) is 0 Å². The summed E-state index contributed by atoms with van der Waals surface area (Å²) in [6.07, 6.45) is 0.279. The Balaban J connectivity index is 1.75. The zero-order chi connectivity index (χ0) is 42.2. The molecule has 0 unspecified atom stereocenters. The van der Waals surface area contributed by atoms with Crippen molar-refractivity contribution in [3.05, 3.63) is 191 Å². The summed E-state index contributed by atoms with van der Waals surface area (Å²) in [6, 6.07) is 52.9. The Morgan fingerprint density at radius 3 is 0.831 bits per heavy atom. The topological polar surface area (TPSA) is 87.4 Å². The lowest BCUT2D eigenvalue weighted by Crippen LogP contribution is -2.45. The summed E-state index contributed by atoms with van der Waals surface area (Å²) < 4.78 is 8.24. The largest absolute Gasteiger partial charge is 0.411 e. The molecule has 9 heteroatoms. The van der Waals surface area contributed by atoms with Crippen molar-refractivity contribution in [1.82, 2.24) is 0 Å². The third kappa shape index (κ3) is 9.11. The van der Waals surface area contributed by atoms with Crippen LogP contribution in [0, 0.1) is 0 Å². The highest BCUT2D eigenvalue weighted by Crippen LogP contribution is 2.50. The highest BCUT2D eigenvalue weighted by Gasteiger charge is 2.49. The molecule has 9 nitrogen and oxygen atoms in total. The first-order chi connectivity index (χ1) is 28.4. The molecule has 6 aromatic carbocycles. The predicted octanol–water partition coefficient (Wildman–Crippen LogP) is 9.69. The van der Waals surface area contributed by atoms with Gasteiger partial charge in [0.2, 0.25) is 0 Å². The van der Waals surface area contributed by atoms with E-state index in [0.29, 0.717) is 11.4 Å². The Bertz CT molecular complexity index is 2040. The molecule has 0 aromatic heterocycles. The molecule has 0 saturated carbocycles. The molecule has 0 radical (unpaired) electrons. The Kier molecular flexibility index (Phi) is 13.1. The highest BCUT2D eigenvalue weighted by molar-refractivity contribution is 6.02. The van der Waals surface area contributed by atoms with E-state index in [0.717, 1.165) is 56.1 Å². The van der Waals surface area contributed by atoms with E-state index in [2.05, 4.69) is 127 Å². The molecular weight excluding hydrogens is 733 g/mol. The molecule has 6 rings (SSSR count). The molecule has 0 saturated heterocycles. The van der Waals surface area contributed by atoms with Crippen molar-refractivity contribution in [3.63, 3.8) is 0 Å². The van der Waals surface area contributed by atoms with E-state index in [-0.39, 0.29) is 12.8 Å². The molecular formula is C50H56N6O3. The normalized spacial score (nSPS) is 12.3. The Labute approximate surface area is 349 Å². The van der Waals surface area contributed by atoms with Gasteiger partial charge in [-0.25, -0.2) is 0 Å². The van der Waals surface area contributed by atoms with Crippen molar-refractivity contribution in [3.8, 4) is 0 Å². The number of anilines is 4. The van der Waals surface area contributed by atoms with E-state index in [9.17, 15) is 10.4 Å². The first-order valence-electron chi connectivity index (χ1n) is 19.7. The van der Waals surface area contributed by atoms with Gasteiger partial charge in [-0.1, -0.05) is 120 Å². The summed E-state index contributed by atoms with van der Waals surface area (Å²) in [5, 5.41) is 29.9. The Morgan fingerprint density at radius 2 is 0.627 bits per heavy atom. The standard InChI is InChI=1S/C50H56N6O3/c1-53(2)43-27-19-39(20-28-43)49(40-21-29-44(30-22-40)54(3)4,35-47(51-57)37-15-11-9-12-16-37)59-50(41-23-31-45(32-24-41)55(5)6,42-25-33-46(34-26-42)56(7)8)36-48(52-58)38-17-13-10-14-18-38/h9-34,57-58H,35-36H2,1-8H3. The van der Waals surface area contributed by atoms with Gasteiger partial charge >= 0.3 is 0 Å². The zero-order valence-electron chi connectivity index (χ0n) is 35.4. The van der Waals surface area contributed by atoms with Crippen LogP contribution in [0.25, 0.3) is 0 Å². The molecule has 2 N–H and O–H groups in total. The summed E-state index contributed by atoms with van der Waals surface area (Å²) in [4.78, 5) is 8.26. The Morgan fingerprint density at radius 1 is 0.390 bits per heavy atom. The van der Waals surface area contributed by atoms with Crippen molar-refractivity contribution in [2.24, 2.45) is 10.3 Å². The summed E-state index contributed by atoms with van der Waals surface area (Å²) in [5.41, 5.74) is 7.25. The second-order valence-corrected chi connectivity index (χ2v) is 15.7. The first kappa shape index (κ1) is 42.0. The van der Waals surface area contributed by atoms with Gasteiger partial charge in [0.05, 0.1) is 11.4 Å². The lowest BCUT2D eigenvalue weighted by atomic mass is 9.75. The zero-order valence-corrected chi connectivity index (χ0v) is 35.4.